The summed E-state index contributed by atoms with van der Waals surface area (Å²) in [6.45, 7) is 7.02. The predicted molar refractivity (Wildman–Crippen MR) is 159 cm³/mol. The molecule has 10 heteroatoms. The molecule has 1 atom stereocenters. The lowest BCUT2D eigenvalue weighted by molar-refractivity contribution is -0.141. The second-order valence-corrected chi connectivity index (χ2v) is 13.3. The lowest BCUT2D eigenvalue weighted by Crippen LogP contribution is -2.55. The van der Waals surface area contributed by atoms with Crippen molar-refractivity contribution >= 4 is 55.1 Å². The average molecular weight is 635 g/mol. The van der Waals surface area contributed by atoms with Crippen LogP contribution in [0, 0.1) is 0 Å². The molecule has 0 heterocycles. The van der Waals surface area contributed by atoms with E-state index in [1.165, 1.54) is 17.0 Å². The van der Waals surface area contributed by atoms with E-state index < -0.39 is 34.1 Å². The van der Waals surface area contributed by atoms with Gasteiger partial charge in [0.2, 0.25) is 11.8 Å². The van der Waals surface area contributed by atoms with E-state index >= 15 is 0 Å². The Morgan fingerprint density at radius 2 is 1.62 bits per heavy atom. The molecule has 0 radical (unpaired) electrons. The summed E-state index contributed by atoms with van der Waals surface area (Å²) in [5.74, 6) is -0.826. The van der Waals surface area contributed by atoms with Crippen molar-refractivity contribution in [1.82, 2.24) is 10.2 Å². The van der Waals surface area contributed by atoms with Crippen molar-refractivity contribution in [3.8, 4) is 0 Å². The quantitative estimate of drug-likeness (QED) is 0.296. The fourth-order valence-corrected chi connectivity index (χ4v) is 5.98. The molecule has 0 spiro atoms. The largest absolute Gasteiger partial charge is 0.350 e. The van der Waals surface area contributed by atoms with Crippen molar-refractivity contribution in [1.29, 1.82) is 0 Å². The second-order valence-electron chi connectivity index (χ2n) is 10.1. The number of hydrogen-bond donors (Lipinski definition) is 1. The lowest BCUT2D eigenvalue weighted by atomic mass is 10.1. The number of halogens is 2. The van der Waals surface area contributed by atoms with Gasteiger partial charge in [-0.15, -0.1) is 0 Å². The molecule has 0 aliphatic rings. The van der Waals surface area contributed by atoms with Crippen LogP contribution in [0.15, 0.2) is 88.2 Å². The first-order valence-electron chi connectivity index (χ1n) is 12.5. The number of carbonyl (C=O) groups excluding carboxylic acids is 2. The van der Waals surface area contributed by atoms with Gasteiger partial charge >= 0.3 is 0 Å². The number of carbonyl (C=O) groups is 2. The van der Waals surface area contributed by atoms with Gasteiger partial charge in [-0.3, -0.25) is 13.9 Å². The van der Waals surface area contributed by atoms with Gasteiger partial charge < -0.3 is 10.2 Å². The van der Waals surface area contributed by atoms with E-state index in [0.29, 0.717) is 21.6 Å². The molecule has 3 aromatic rings. The maximum Gasteiger partial charge on any atom is 0.264 e. The van der Waals surface area contributed by atoms with Crippen LogP contribution < -0.4 is 9.62 Å². The van der Waals surface area contributed by atoms with Crippen LogP contribution in [-0.2, 0) is 26.2 Å². The highest BCUT2D eigenvalue weighted by atomic mass is 79.9. The smallest absolute Gasteiger partial charge is 0.264 e. The molecule has 0 unspecified atom stereocenters. The number of anilines is 1. The summed E-state index contributed by atoms with van der Waals surface area (Å²) in [6, 6.07) is 20.9. The third-order valence-electron chi connectivity index (χ3n) is 5.86. The first-order valence-corrected chi connectivity index (χ1v) is 15.1. The summed E-state index contributed by atoms with van der Waals surface area (Å²) in [7, 11) is -4.11. The molecule has 208 valence electrons. The van der Waals surface area contributed by atoms with Crippen LogP contribution in [0.25, 0.3) is 0 Å². The van der Waals surface area contributed by atoms with Crippen LogP contribution in [0.4, 0.5) is 5.69 Å². The molecule has 39 heavy (non-hydrogen) atoms. The zero-order chi connectivity index (χ0) is 28.8. The third kappa shape index (κ3) is 8.30. The molecule has 0 bridgehead atoms. The van der Waals surface area contributed by atoms with Crippen molar-refractivity contribution < 1.29 is 18.0 Å². The Hall–Kier alpha value is -2.88. The summed E-state index contributed by atoms with van der Waals surface area (Å²) in [5, 5.41) is 3.50. The van der Waals surface area contributed by atoms with E-state index in [-0.39, 0.29) is 17.3 Å². The Labute approximate surface area is 244 Å². The molecule has 0 saturated heterocycles. The highest BCUT2D eigenvalue weighted by Crippen LogP contribution is 2.27. The molecule has 3 aromatic carbocycles. The van der Waals surface area contributed by atoms with Crippen molar-refractivity contribution in [3.05, 3.63) is 93.9 Å². The summed E-state index contributed by atoms with van der Waals surface area (Å²) in [4.78, 5) is 28.9. The molecule has 0 saturated carbocycles. The van der Waals surface area contributed by atoms with Gasteiger partial charge in [0.1, 0.15) is 12.6 Å². The van der Waals surface area contributed by atoms with Crippen LogP contribution in [-0.4, -0.2) is 43.3 Å². The number of nitrogens with one attached hydrogen (secondary N) is 1. The number of benzene rings is 3. The Bertz CT molecular complexity index is 1390. The van der Waals surface area contributed by atoms with Crippen molar-refractivity contribution in [2.75, 3.05) is 10.8 Å². The van der Waals surface area contributed by atoms with E-state index in [1.807, 2.05) is 27.7 Å². The van der Waals surface area contributed by atoms with E-state index in [9.17, 15) is 18.0 Å². The fraction of sp³-hybridized carbons (Fsp3) is 0.310. The minimum absolute atomic E-state index is 0.0551. The van der Waals surface area contributed by atoms with Crippen molar-refractivity contribution in [2.24, 2.45) is 0 Å². The second kappa shape index (κ2) is 13.0. The molecule has 3 rings (SSSR count). The van der Waals surface area contributed by atoms with Gasteiger partial charge in [0, 0.05) is 21.6 Å². The molecule has 0 aromatic heterocycles. The van der Waals surface area contributed by atoms with E-state index in [4.69, 9.17) is 11.6 Å². The highest BCUT2D eigenvalue weighted by molar-refractivity contribution is 9.10. The van der Waals surface area contributed by atoms with E-state index in [1.54, 1.807) is 66.7 Å². The Kier molecular flexibility index (Phi) is 10.2. The van der Waals surface area contributed by atoms with Gasteiger partial charge in [-0.05, 0) is 75.2 Å². The lowest BCUT2D eigenvalue weighted by Gasteiger charge is -2.34. The van der Waals surface area contributed by atoms with Gasteiger partial charge in [-0.1, -0.05) is 70.9 Å². The summed E-state index contributed by atoms with van der Waals surface area (Å²) in [6.07, 6.45) is 0.337. The minimum Gasteiger partial charge on any atom is -0.350 e. The number of hydrogen-bond acceptors (Lipinski definition) is 4. The van der Waals surface area contributed by atoms with Crippen LogP contribution in [0.5, 0.6) is 0 Å². The Balaban J connectivity index is 2.06. The maximum atomic E-state index is 14.0. The van der Waals surface area contributed by atoms with E-state index in [2.05, 4.69) is 21.2 Å². The van der Waals surface area contributed by atoms with Gasteiger partial charge in [0.15, 0.2) is 0 Å². The minimum atomic E-state index is -4.11. The Morgan fingerprint density at radius 1 is 0.974 bits per heavy atom. The topological polar surface area (TPSA) is 86.8 Å². The molecule has 0 aliphatic heterocycles. The molecule has 1 N–H and O–H groups in total. The number of rotatable bonds is 10. The molecular weight excluding hydrogens is 602 g/mol. The molecule has 0 aliphatic carbocycles. The van der Waals surface area contributed by atoms with Gasteiger partial charge in [-0.2, -0.15) is 0 Å². The number of sulfonamides is 1. The fourth-order valence-electron chi connectivity index (χ4n) is 4.04. The summed E-state index contributed by atoms with van der Waals surface area (Å²) >= 11 is 9.46. The monoisotopic (exact) mass is 633 g/mol. The molecule has 0 fully saturated rings. The van der Waals surface area contributed by atoms with E-state index in [0.717, 1.165) is 9.87 Å². The van der Waals surface area contributed by atoms with Crippen LogP contribution in [0.1, 0.15) is 39.7 Å². The predicted octanol–water partition coefficient (Wildman–Crippen LogP) is 6.02. The first-order chi connectivity index (χ1) is 18.3. The maximum absolute atomic E-state index is 14.0. The normalized spacial score (nSPS) is 12.5. The average Bonchev–Trinajstić information content (AvgIpc) is 2.87. The zero-order valence-corrected chi connectivity index (χ0v) is 25.6. The summed E-state index contributed by atoms with van der Waals surface area (Å²) < 4.78 is 29.4. The van der Waals surface area contributed by atoms with Crippen LogP contribution in [0.2, 0.25) is 5.02 Å². The number of amides is 2. The Morgan fingerprint density at radius 3 is 2.18 bits per heavy atom. The zero-order valence-electron chi connectivity index (χ0n) is 22.4. The van der Waals surface area contributed by atoms with Crippen molar-refractivity contribution in [3.63, 3.8) is 0 Å². The SMILES string of the molecule is CC[C@@H](C(=O)NC(C)(C)C)N(Cc1ccc(Cl)cc1)C(=O)CN(c1cccc(Br)c1)S(=O)(=O)c1ccccc1. The number of nitrogens with zero attached hydrogens (tertiary/aromatic N) is 2. The van der Waals surface area contributed by atoms with Crippen LogP contribution in [0.3, 0.4) is 0 Å². The summed E-state index contributed by atoms with van der Waals surface area (Å²) in [5.41, 5.74) is 0.563. The molecular formula is C29H33BrClN3O4S. The first kappa shape index (κ1) is 30.7. The third-order valence-corrected chi connectivity index (χ3v) is 8.39. The molecule has 2 amide bonds. The standard InChI is InChI=1S/C29H33BrClN3O4S/c1-5-26(28(36)32-29(2,3)4)33(19-21-14-16-23(31)17-15-21)27(35)20-34(24-11-9-10-22(30)18-24)39(37,38)25-12-7-6-8-13-25/h6-18,26H,5,19-20H2,1-4H3,(H,32,36)/t26-/m0/s1. The van der Waals surface area contributed by atoms with Gasteiger partial charge in [0.25, 0.3) is 10.0 Å². The van der Waals surface area contributed by atoms with Gasteiger partial charge in [-0.25, -0.2) is 8.42 Å². The molecule has 7 nitrogen and oxygen atoms in total. The van der Waals surface area contributed by atoms with Crippen molar-refractivity contribution in [2.45, 2.75) is 57.1 Å². The van der Waals surface area contributed by atoms with Crippen LogP contribution >= 0.6 is 27.5 Å². The highest BCUT2D eigenvalue weighted by Gasteiger charge is 2.34. The van der Waals surface area contributed by atoms with Gasteiger partial charge in [0.05, 0.1) is 10.6 Å².